The van der Waals surface area contributed by atoms with Gasteiger partial charge in [0.05, 0.1) is 18.4 Å². The number of aliphatic hydroxyl groups excluding tert-OH is 1. The molecule has 2 rings (SSSR count). The highest BCUT2D eigenvalue weighted by Gasteiger charge is 2.22. The summed E-state index contributed by atoms with van der Waals surface area (Å²) in [5.74, 6) is 1.33. The van der Waals surface area contributed by atoms with Gasteiger partial charge < -0.3 is 19.9 Å². The molecule has 5 nitrogen and oxygen atoms in total. The first-order chi connectivity index (χ1) is 9.99. The molecule has 0 bridgehead atoms. The van der Waals surface area contributed by atoms with Crippen molar-refractivity contribution < 1.29 is 19.4 Å². The fourth-order valence-corrected chi connectivity index (χ4v) is 2.36. The van der Waals surface area contributed by atoms with Gasteiger partial charge in [0.2, 0.25) is 5.91 Å². The maximum absolute atomic E-state index is 11.9. The lowest BCUT2D eigenvalue weighted by Crippen LogP contribution is -2.15. The molecular weight excluding hydrogens is 270 g/mol. The van der Waals surface area contributed by atoms with Crippen LogP contribution in [0.15, 0.2) is 12.1 Å². The lowest BCUT2D eigenvalue weighted by atomic mass is 10.1. The van der Waals surface area contributed by atoms with Gasteiger partial charge >= 0.3 is 0 Å². The highest BCUT2D eigenvalue weighted by Crippen LogP contribution is 2.38. The van der Waals surface area contributed by atoms with Gasteiger partial charge in [0.1, 0.15) is 17.6 Å². The van der Waals surface area contributed by atoms with E-state index < -0.39 is 6.10 Å². The van der Waals surface area contributed by atoms with E-state index in [1.165, 1.54) is 0 Å². The Balaban J connectivity index is 2.14. The lowest BCUT2D eigenvalue weighted by molar-refractivity contribution is -0.116. The highest BCUT2D eigenvalue weighted by atomic mass is 16.5. The zero-order valence-electron chi connectivity index (χ0n) is 12.8. The SMILES string of the molecule is CCOc1cc2c(cc1NC(=O)CCC(C)O)OC(C)C2. The molecule has 2 unspecified atom stereocenters. The Labute approximate surface area is 125 Å². The highest BCUT2D eigenvalue weighted by molar-refractivity contribution is 5.92. The summed E-state index contributed by atoms with van der Waals surface area (Å²) in [6.45, 7) is 6.13. The summed E-state index contributed by atoms with van der Waals surface area (Å²) in [5.41, 5.74) is 1.73. The van der Waals surface area contributed by atoms with Crippen LogP contribution in [0, 0.1) is 0 Å². The first-order valence-corrected chi connectivity index (χ1v) is 7.44. The molecular formula is C16H23NO4. The summed E-state index contributed by atoms with van der Waals surface area (Å²) >= 11 is 0. The fraction of sp³-hybridized carbons (Fsp3) is 0.562. The van der Waals surface area contributed by atoms with Crippen LogP contribution in [-0.2, 0) is 11.2 Å². The van der Waals surface area contributed by atoms with E-state index in [0.29, 0.717) is 24.5 Å². The Morgan fingerprint density at radius 2 is 2.33 bits per heavy atom. The number of ether oxygens (including phenoxy) is 2. The van der Waals surface area contributed by atoms with Crippen molar-refractivity contribution in [2.24, 2.45) is 0 Å². The maximum atomic E-state index is 11.9. The topological polar surface area (TPSA) is 67.8 Å². The van der Waals surface area contributed by atoms with Crippen LogP contribution in [0.2, 0.25) is 0 Å². The second-order valence-corrected chi connectivity index (χ2v) is 5.46. The summed E-state index contributed by atoms with van der Waals surface area (Å²) in [4.78, 5) is 11.9. The average molecular weight is 293 g/mol. The van der Waals surface area contributed by atoms with E-state index in [2.05, 4.69) is 5.32 Å². The molecule has 2 N–H and O–H groups in total. The van der Waals surface area contributed by atoms with E-state index in [1.54, 1.807) is 6.92 Å². The van der Waals surface area contributed by atoms with Gasteiger partial charge in [-0.2, -0.15) is 0 Å². The third-order valence-corrected chi connectivity index (χ3v) is 3.36. The van der Waals surface area contributed by atoms with Crippen molar-refractivity contribution in [3.05, 3.63) is 17.7 Å². The zero-order chi connectivity index (χ0) is 15.4. The Hall–Kier alpha value is -1.75. The van der Waals surface area contributed by atoms with Crippen molar-refractivity contribution in [1.29, 1.82) is 0 Å². The summed E-state index contributed by atoms with van der Waals surface area (Å²) < 4.78 is 11.3. The average Bonchev–Trinajstić information content (AvgIpc) is 2.76. The van der Waals surface area contributed by atoms with Gasteiger partial charge in [0.15, 0.2) is 0 Å². The minimum Gasteiger partial charge on any atom is -0.492 e. The van der Waals surface area contributed by atoms with Crippen molar-refractivity contribution in [2.75, 3.05) is 11.9 Å². The summed E-state index contributed by atoms with van der Waals surface area (Å²) in [5, 5.41) is 12.1. The van der Waals surface area contributed by atoms with Gasteiger partial charge in [0.25, 0.3) is 0 Å². The molecule has 0 aliphatic carbocycles. The van der Waals surface area contributed by atoms with Crippen molar-refractivity contribution >= 4 is 11.6 Å². The molecule has 116 valence electrons. The molecule has 0 spiro atoms. The molecule has 2 atom stereocenters. The van der Waals surface area contributed by atoms with Gasteiger partial charge in [-0.25, -0.2) is 0 Å². The molecule has 1 heterocycles. The van der Waals surface area contributed by atoms with Gasteiger partial charge in [-0.3, -0.25) is 4.79 Å². The van der Waals surface area contributed by atoms with E-state index in [0.717, 1.165) is 17.7 Å². The number of anilines is 1. The van der Waals surface area contributed by atoms with Crippen LogP contribution in [0.5, 0.6) is 11.5 Å². The van der Waals surface area contributed by atoms with Crippen LogP contribution in [0.1, 0.15) is 39.2 Å². The predicted octanol–water partition coefficient (Wildman–Crippen LogP) is 2.51. The number of hydrogen-bond donors (Lipinski definition) is 2. The number of rotatable bonds is 6. The minimum atomic E-state index is -0.480. The van der Waals surface area contributed by atoms with Crippen LogP contribution in [0.3, 0.4) is 0 Å². The molecule has 0 aromatic heterocycles. The van der Waals surface area contributed by atoms with Crippen molar-refractivity contribution in [3.63, 3.8) is 0 Å². The number of hydrogen-bond acceptors (Lipinski definition) is 4. The summed E-state index contributed by atoms with van der Waals surface area (Å²) in [6.07, 6.45) is 1.24. The van der Waals surface area contributed by atoms with Crippen LogP contribution >= 0.6 is 0 Å². The molecule has 0 fully saturated rings. The summed E-state index contributed by atoms with van der Waals surface area (Å²) in [7, 11) is 0. The van der Waals surface area contributed by atoms with E-state index >= 15 is 0 Å². The molecule has 1 aromatic carbocycles. The van der Waals surface area contributed by atoms with E-state index in [4.69, 9.17) is 9.47 Å². The van der Waals surface area contributed by atoms with Gasteiger partial charge in [-0.1, -0.05) is 0 Å². The molecule has 0 saturated heterocycles. The first kappa shape index (κ1) is 15.6. The third-order valence-electron chi connectivity index (χ3n) is 3.36. The molecule has 1 aromatic rings. The molecule has 21 heavy (non-hydrogen) atoms. The number of fused-ring (bicyclic) bond motifs is 1. The number of aliphatic hydroxyl groups is 1. The molecule has 0 saturated carbocycles. The quantitative estimate of drug-likeness (QED) is 0.845. The Morgan fingerprint density at radius 3 is 3.00 bits per heavy atom. The normalized spacial score (nSPS) is 17.8. The molecule has 1 aliphatic rings. The molecule has 1 aliphatic heterocycles. The number of amides is 1. The monoisotopic (exact) mass is 293 g/mol. The number of benzene rings is 1. The first-order valence-electron chi connectivity index (χ1n) is 7.44. The van der Waals surface area contributed by atoms with Gasteiger partial charge in [0, 0.05) is 24.5 Å². The number of carbonyl (C=O) groups is 1. The fourth-order valence-electron chi connectivity index (χ4n) is 2.36. The predicted molar refractivity (Wildman–Crippen MR) is 80.9 cm³/mol. The maximum Gasteiger partial charge on any atom is 0.224 e. The Kier molecular flexibility index (Phi) is 5.07. The van der Waals surface area contributed by atoms with E-state index in [9.17, 15) is 9.90 Å². The van der Waals surface area contributed by atoms with Crippen molar-refractivity contribution in [1.82, 2.24) is 0 Å². The zero-order valence-corrected chi connectivity index (χ0v) is 12.8. The van der Waals surface area contributed by atoms with Gasteiger partial charge in [-0.15, -0.1) is 0 Å². The van der Waals surface area contributed by atoms with Gasteiger partial charge in [-0.05, 0) is 33.3 Å². The van der Waals surface area contributed by atoms with Crippen molar-refractivity contribution in [3.8, 4) is 11.5 Å². The van der Waals surface area contributed by atoms with Crippen LogP contribution in [0.25, 0.3) is 0 Å². The van der Waals surface area contributed by atoms with E-state index in [1.807, 2.05) is 26.0 Å². The Bertz CT molecular complexity index is 513. The third kappa shape index (κ3) is 4.11. The van der Waals surface area contributed by atoms with Crippen molar-refractivity contribution in [2.45, 2.75) is 52.2 Å². The van der Waals surface area contributed by atoms with Crippen LogP contribution in [0.4, 0.5) is 5.69 Å². The lowest BCUT2D eigenvalue weighted by Gasteiger charge is -2.14. The van der Waals surface area contributed by atoms with Crippen LogP contribution in [-0.4, -0.2) is 29.8 Å². The van der Waals surface area contributed by atoms with E-state index in [-0.39, 0.29) is 18.4 Å². The second kappa shape index (κ2) is 6.80. The largest absolute Gasteiger partial charge is 0.492 e. The standard InChI is InChI=1S/C16H23NO4/c1-4-20-15-8-12-7-11(3)21-14(12)9-13(15)17-16(19)6-5-10(2)18/h8-11,18H,4-7H2,1-3H3,(H,17,19). The smallest absolute Gasteiger partial charge is 0.224 e. The number of carbonyl (C=O) groups excluding carboxylic acids is 1. The molecule has 1 amide bonds. The second-order valence-electron chi connectivity index (χ2n) is 5.46. The summed E-state index contributed by atoms with van der Waals surface area (Å²) in [6, 6.07) is 3.76. The molecule has 5 heteroatoms. The minimum absolute atomic E-state index is 0.136. The number of nitrogens with one attached hydrogen (secondary N) is 1. The Morgan fingerprint density at radius 1 is 1.57 bits per heavy atom. The molecule has 0 radical (unpaired) electrons. The van der Waals surface area contributed by atoms with Crippen LogP contribution < -0.4 is 14.8 Å².